The van der Waals surface area contributed by atoms with Crippen LogP contribution in [0.25, 0.3) is 21.5 Å². The molecule has 4 heteroatoms. The third kappa shape index (κ3) is 5.79. The zero-order valence-electron chi connectivity index (χ0n) is 13.0. The molecule has 0 aromatic heterocycles. The summed E-state index contributed by atoms with van der Waals surface area (Å²) in [5, 5.41) is 29.2. The molecule has 24 heavy (non-hydrogen) atoms. The molecule has 0 atom stereocenters. The number of rotatable bonds is 0. The highest BCUT2D eigenvalue weighted by Gasteiger charge is 1.86. The van der Waals surface area contributed by atoms with Gasteiger partial charge in [-0.3, -0.25) is 21.0 Å². The summed E-state index contributed by atoms with van der Waals surface area (Å²) in [6.45, 7) is 0. The fraction of sp³-hybridized carbons (Fsp3) is 0. The topological polar surface area (TPSA) is 80.9 Å². The highest BCUT2D eigenvalue weighted by molar-refractivity contribution is 5.82. The van der Waals surface area contributed by atoms with Crippen molar-refractivity contribution < 1.29 is 21.0 Å². The summed E-state index contributed by atoms with van der Waals surface area (Å²) in [5.74, 6) is 0. The Bertz CT molecular complexity index is 629. The van der Waals surface area contributed by atoms with Crippen molar-refractivity contribution in [2.45, 2.75) is 0 Å². The molecular formula is C20H20O4. The molecule has 0 saturated carbocycles. The number of fused-ring (bicyclic) bond motifs is 2. The Balaban J connectivity index is 0.000000199. The molecule has 0 spiro atoms. The predicted molar refractivity (Wildman–Crippen MR) is 98.4 cm³/mol. The molecule has 4 nitrogen and oxygen atoms in total. The van der Waals surface area contributed by atoms with Gasteiger partial charge in [-0.15, -0.1) is 0 Å². The lowest BCUT2D eigenvalue weighted by molar-refractivity contribution is -0.176. The smallest absolute Gasteiger partial charge is 0.0184 e. The number of hydrogen-bond donors (Lipinski definition) is 4. The molecule has 0 aliphatic heterocycles. The van der Waals surface area contributed by atoms with E-state index in [2.05, 4.69) is 97.1 Å². The van der Waals surface area contributed by atoms with Crippen LogP contribution >= 0.6 is 0 Å². The maximum Gasteiger partial charge on any atom is -0.0184 e. The highest BCUT2D eigenvalue weighted by atomic mass is 17.0. The molecule has 0 saturated heterocycles. The van der Waals surface area contributed by atoms with Gasteiger partial charge in [0.15, 0.2) is 0 Å². The predicted octanol–water partition coefficient (Wildman–Crippen LogP) is 5.71. The highest BCUT2D eigenvalue weighted by Crippen LogP contribution is 2.11. The normalized spacial score (nSPS) is 8.83. The van der Waals surface area contributed by atoms with Crippen LogP contribution in [0.3, 0.4) is 0 Å². The Kier molecular flexibility index (Phi) is 9.45. The molecule has 124 valence electrons. The standard InChI is InChI=1S/2C10H8.2H2O2/c2*1-2-6-10-8-4-3-7-9(10)5-1;2*1-2/h2*1-8H;2*1-2H. The van der Waals surface area contributed by atoms with Crippen molar-refractivity contribution >= 4 is 21.5 Å². The third-order valence-corrected chi connectivity index (χ3v) is 3.32. The fourth-order valence-electron chi connectivity index (χ4n) is 2.27. The van der Waals surface area contributed by atoms with Crippen LogP contribution in [0.2, 0.25) is 0 Å². The Hall–Kier alpha value is -2.76. The average Bonchev–Trinajstić information content (AvgIpc) is 2.72. The SMILES string of the molecule is OO.OO.c1ccc2ccccc2c1.c1ccc2ccccc2c1. The van der Waals surface area contributed by atoms with E-state index in [1.165, 1.54) is 21.5 Å². The lowest BCUT2D eigenvalue weighted by atomic mass is 10.1. The second-order valence-electron chi connectivity index (χ2n) is 4.69. The molecule has 0 radical (unpaired) electrons. The van der Waals surface area contributed by atoms with Gasteiger partial charge in [0.1, 0.15) is 0 Å². The van der Waals surface area contributed by atoms with Gasteiger partial charge in [0.2, 0.25) is 0 Å². The first-order valence-corrected chi connectivity index (χ1v) is 7.21. The van der Waals surface area contributed by atoms with Crippen molar-refractivity contribution in [2.75, 3.05) is 0 Å². The molecule has 0 amide bonds. The van der Waals surface area contributed by atoms with Gasteiger partial charge >= 0.3 is 0 Å². The summed E-state index contributed by atoms with van der Waals surface area (Å²) in [6, 6.07) is 33.4. The van der Waals surface area contributed by atoms with E-state index >= 15 is 0 Å². The van der Waals surface area contributed by atoms with Crippen LogP contribution in [-0.2, 0) is 0 Å². The summed E-state index contributed by atoms with van der Waals surface area (Å²) in [7, 11) is 0. The van der Waals surface area contributed by atoms with Crippen LogP contribution in [0.5, 0.6) is 0 Å². The van der Waals surface area contributed by atoms with E-state index in [1.54, 1.807) is 0 Å². The molecule has 4 aromatic rings. The minimum Gasteiger partial charge on any atom is -0.255 e. The first-order chi connectivity index (χ1) is 11.9. The van der Waals surface area contributed by atoms with Crippen molar-refractivity contribution in [3.63, 3.8) is 0 Å². The van der Waals surface area contributed by atoms with Gasteiger partial charge in [0.25, 0.3) is 0 Å². The summed E-state index contributed by atoms with van der Waals surface area (Å²) in [4.78, 5) is 0. The van der Waals surface area contributed by atoms with Gasteiger partial charge in [-0.25, -0.2) is 0 Å². The van der Waals surface area contributed by atoms with Crippen molar-refractivity contribution in [3.05, 3.63) is 97.1 Å². The average molecular weight is 324 g/mol. The van der Waals surface area contributed by atoms with Gasteiger partial charge in [-0.05, 0) is 21.5 Å². The molecule has 0 unspecified atom stereocenters. The van der Waals surface area contributed by atoms with Crippen molar-refractivity contribution in [1.82, 2.24) is 0 Å². The monoisotopic (exact) mass is 324 g/mol. The molecule has 0 heterocycles. The lowest BCUT2D eigenvalue weighted by Crippen LogP contribution is -1.67. The Morgan fingerprint density at radius 3 is 0.542 bits per heavy atom. The zero-order chi connectivity index (χ0) is 17.6. The summed E-state index contributed by atoms with van der Waals surface area (Å²) < 4.78 is 0. The maximum absolute atomic E-state index is 6.00. The molecule has 0 fully saturated rings. The third-order valence-electron chi connectivity index (χ3n) is 3.32. The number of hydrogen-bond acceptors (Lipinski definition) is 4. The largest absolute Gasteiger partial charge is 0.255 e. The molecule has 0 aliphatic rings. The van der Waals surface area contributed by atoms with E-state index < -0.39 is 0 Å². The molecule has 0 bridgehead atoms. The molecular weight excluding hydrogens is 304 g/mol. The van der Waals surface area contributed by atoms with Crippen LogP contribution in [0.4, 0.5) is 0 Å². The first-order valence-electron chi connectivity index (χ1n) is 7.21. The number of benzene rings is 4. The lowest BCUT2D eigenvalue weighted by Gasteiger charge is -1.92. The Morgan fingerprint density at radius 1 is 0.292 bits per heavy atom. The first kappa shape index (κ1) is 19.3. The van der Waals surface area contributed by atoms with Crippen LogP contribution in [-0.4, -0.2) is 21.0 Å². The van der Waals surface area contributed by atoms with Crippen molar-refractivity contribution in [2.24, 2.45) is 0 Å². The van der Waals surface area contributed by atoms with Gasteiger partial charge in [0, 0.05) is 0 Å². The van der Waals surface area contributed by atoms with Crippen molar-refractivity contribution in [3.8, 4) is 0 Å². The fourth-order valence-corrected chi connectivity index (χ4v) is 2.27. The molecule has 4 aromatic carbocycles. The summed E-state index contributed by atoms with van der Waals surface area (Å²) in [5.41, 5.74) is 0. The Labute approximate surface area is 140 Å². The minimum atomic E-state index is 1.31. The van der Waals surface area contributed by atoms with E-state index in [1.807, 2.05) is 0 Å². The summed E-state index contributed by atoms with van der Waals surface area (Å²) in [6.07, 6.45) is 0. The van der Waals surface area contributed by atoms with E-state index in [0.29, 0.717) is 0 Å². The van der Waals surface area contributed by atoms with Crippen LogP contribution in [0.1, 0.15) is 0 Å². The maximum atomic E-state index is 6.00. The second kappa shape index (κ2) is 11.8. The van der Waals surface area contributed by atoms with Gasteiger partial charge < -0.3 is 0 Å². The minimum absolute atomic E-state index is 1.31. The van der Waals surface area contributed by atoms with Gasteiger partial charge in [-0.2, -0.15) is 0 Å². The van der Waals surface area contributed by atoms with E-state index in [-0.39, 0.29) is 0 Å². The van der Waals surface area contributed by atoms with Gasteiger partial charge in [-0.1, -0.05) is 97.1 Å². The van der Waals surface area contributed by atoms with Crippen molar-refractivity contribution in [1.29, 1.82) is 0 Å². The molecule has 4 N–H and O–H groups in total. The van der Waals surface area contributed by atoms with Crippen LogP contribution < -0.4 is 0 Å². The second-order valence-corrected chi connectivity index (χ2v) is 4.69. The van der Waals surface area contributed by atoms with E-state index in [4.69, 9.17) is 21.0 Å². The van der Waals surface area contributed by atoms with Crippen LogP contribution in [0.15, 0.2) is 97.1 Å². The Morgan fingerprint density at radius 2 is 0.417 bits per heavy atom. The molecule has 0 aliphatic carbocycles. The van der Waals surface area contributed by atoms with Gasteiger partial charge in [0.05, 0.1) is 0 Å². The summed E-state index contributed by atoms with van der Waals surface area (Å²) >= 11 is 0. The molecule has 4 rings (SSSR count). The quantitative estimate of drug-likeness (QED) is 0.246. The van der Waals surface area contributed by atoms with Crippen LogP contribution in [0, 0.1) is 0 Å². The van der Waals surface area contributed by atoms with E-state index in [9.17, 15) is 0 Å². The zero-order valence-corrected chi connectivity index (χ0v) is 13.0. The van der Waals surface area contributed by atoms with E-state index in [0.717, 1.165) is 0 Å².